The Labute approximate surface area is 203 Å². The maximum Gasteiger partial charge on any atom is 0.165 e. The second-order valence-electron chi connectivity index (χ2n) is 14.0. The van der Waals surface area contributed by atoms with Crippen LogP contribution in [0.1, 0.15) is 77.3 Å². The van der Waals surface area contributed by atoms with Crippen LogP contribution in [0.15, 0.2) is 12.1 Å². The van der Waals surface area contributed by atoms with Crippen LogP contribution < -0.4 is 4.74 Å². The number of aliphatic hydroxyl groups excluding tert-OH is 1. The van der Waals surface area contributed by atoms with E-state index in [0.29, 0.717) is 11.8 Å². The first-order valence-corrected chi connectivity index (χ1v) is 13.6. The summed E-state index contributed by atoms with van der Waals surface area (Å²) in [6.45, 7) is 10.7. The second-order valence-corrected chi connectivity index (χ2v) is 14.0. The minimum Gasteiger partial charge on any atom is -0.504 e. The topological polar surface area (TPSA) is 73.2 Å². The standard InChI is InChI=1S/C29H41NO4/c1-25(2,3)26(4,33)20-14-28-10-9-27(20,16-31)24-29(28)11-12-30(15-17-5-6-17)21(28)13-18-7-8-19(32)23(34-24)22(18)29/h7-8,17,20-21,24,31-33H,5-6,9-16H2,1-4H3/t20-,21-,24+,26-,27-,28-,29+/m1/s1. The van der Waals surface area contributed by atoms with Crippen molar-refractivity contribution in [1.29, 1.82) is 0 Å². The van der Waals surface area contributed by atoms with Crippen molar-refractivity contribution in [2.75, 3.05) is 19.7 Å². The van der Waals surface area contributed by atoms with Crippen molar-refractivity contribution in [3.63, 3.8) is 0 Å². The van der Waals surface area contributed by atoms with Crippen LogP contribution in [0.2, 0.25) is 0 Å². The lowest BCUT2D eigenvalue weighted by Gasteiger charge is -2.76. The Morgan fingerprint density at radius 3 is 2.56 bits per heavy atom. The smallest absolute Gasteiger partial charge is 0.165 e. The summed E-state index contributed by atoms with van der Waals surface area (Å²) in [5.41, 5.74) is 0.649. The van der Waals surface area contributed by atoms with Gasteiger partial charge in [0.15, 0.2) is 11.5 Å². The van der Waals surface area contributed by atoms with Gasteiger partial charge in [0.1, 0.15) is 6.10 Å². The van der Waals surface area contributed by atoms with E-state index in [1.165, 1.54) is 30.5 Å². The van der Waals surface area contributed by atoms with Crippen LogP contribution in [0.5, 0.6) is 11.5 Å². The Morgan fingerprint density at radius 2 is 1.88 bits per heavy atom. The number of phenols is 1. The highest BCUT2D eigenvalue weighted by atomic mass is 16.5. The third-order valence-electron chi connectivity index (χ3n) is 12.0. The zero-order valence-electron chi connectivity index (χ0n) is 21.2. The van der Waals surface area contributed by atoms with Crippen molar-refractivity contribution in [1.82, 2.24) is 4.90 Å². The summed E-state index contributed by atoms with van der Waals surface area (Å²) in [6, 6.07) is 4.39. The molecule has 0 radical (unpaired) electrons. The van der Waals surface area contributed by atoms with Crippen molar-refractivity contribution in [3.05, 3.63) is 23.3 Å². The molecule has 2 aliphatic heterocycles. The SMILES string of the molecule is CC(C)(C)[C@](C)(O)[C@H]1C[C@@]23CC[C@]1(CO)[C@@H]1Oc4c(O)ccc5c4[C@@]12CCN(CC1CC1)[C@@H]3C5. The number of benzene rings is 1. The number of piperidine rings is 1. The first kappa shape index (κ1) is 21.9. The Kier molecular flexibility index (Phi) is 4.08. The second kappa shape index (κ2) is 6.33. The molecule has 2 heterocycles. The number of aliphatic hydroxyl groups is 2. The van der Waals surface area contributed by atoms with Gasteiger partial charge in [-0.05, 0) is 87.3 Å². The highest BCUT2D eigenvalue weighted by Gasteiger charge is 2.81. The molecule has 5 heteroatoms. The van der Waals surface area contributed by atoms with E-state index in [1.54, 1.807) is 0 Å². The first-order valence-electron chi connectivity index (χ1n) is 13.6. The number of likely N-dealkylation sites (tertiary alicyclic amines) is 1. The molecule has 1 aromatic rings. The Morgan fingerprint density at radius 1 is 1.12 bits per heavy atom. The molecule has 5 aliphatic carbocycles. The number of hydrogen-bond acceptors (Lipinski definition) is 5. The van der Waals surface area contributed by atoms with E-state index in [0.717, 1.165) is 44.6 Å². The van der Waals surface area contributed by atoms with Crippen LogP contribution in [0.3, 0.4) is 0 Å². The molecule has 4 bridgehead atoms. The summed E-state index contributed by atoms with van der Waals surface area (Å²) in [4.78, 5) is 2.80. The van der Waals surface area contributed by atoms with E-state index in [4.69, 9.17) is 4.74 Å². The summed E-state index contributed by atoms with van der Waals surface area (Å²) in [6.07, 6.45) is 7.43. The summed E-state index contributed by atoms with van der Waals surface area (Å²) in [5, 5.41) is 34.2. The highest BCUT2D eigenvalue weighted by molar-refractivity contribution is 5.63. The van der Waals surface area contributed by atoms with Crippen LogP contribution in [0.4, 0.5) is 0 Å². The number of nitrogens with zero attached hydrogens (tertiary/aromatic N) is 1. The van der Waals surface area contributed by atoms with Crippen LogP contribution in [-0.4, -0.2) is 57.7 Å². The first-order chi connectivity index (χ1) is 16.0. The largest absolute Gasteiger partial charge is 0.504 e. The minimum atomic E-state index is -0.944. The molecule has 186 valence electrons. The molecule has 3 N–H and O–H groups in total. The van der Waals surface area contributed by atoms with E-state index in [-0.39, 0.29) is 40.6 Å². The quantitative estimate of drug-likeness (QED) is 0.624. The summed E-state index contributed by atoms with van der Waals surface area (Å²) >= 11 is 0. The number of ether oxygens (including phenoxy) is 1. The fourth-order valence-corrected chi connectivity index (χ4v) is 9.74. The Bertz CT molecular complexity index is 1060. The fraction of sp³-hybridized carbons (Fsp3) is 0.793. The van der Waals surface area contributed by atoms with Crippen molar-refractivity contribution >= 4 is 0 Å². The van der Waals surface area contributed by atoms with E-state index in [9.17, 15) is 15.3 Å². The number of rotatable bonds is 4. The number of fused-ring (bicyclic) bond motifs is 2. The predicted molar refractivity (Wildman–Crippen MR) is 130 cm³/mol. The van der Waals surface area contributed by atoms with Gasteiger partial charge >= 0.3 is 0 Å². The third kappa shape index (κ3) is 2.25. The van der Waals surface area contributed by atoms with Crippen molar-refractivity contribution in [2.45, 2.75) is 95.8 Å². The Hall–Kier alpha value is -1.30. The van der Waals surface area contributed by atoms with E-state index < -0.39 is 11.0 Å². The molecule has 8 rings (SSSR count). The molecule has 0 amide bonds. The zero-order valence-corrected chi connectivity index (χ0v) is 21.2. The monoisotopic (exact) mass is 467 g/mol. The highest BCUT2D eigenvalue weighted by Crippen LogP contribution is 2.79. The lowest BCUT2D eigenvalue weighted by Crippen LogP contribution is -2.81. The molecular formula is C29H41NO4. The van der Waals surface area contributed by atoms with E-state index in [2.05, 4.69) is 31.7 Å². The Balaban J connectivity index is 1.47. The summed E-state index contributed by atoms with van der Waals surface area (Å²) in [7, 11) is 0. The number of aromatic hydroxyl groups is 1. The zero-order chi connectivity index (χ0) is 23.9. The van der Waals surface area contributed by atoms with Gasteiger partial charge in [-0.1, -0.05) is 26.8 Å². The molecule has 4 saturated carbocycles. The van der Waals surface area contributed by atoms with Crippen LogP contribution in [-0.2, 0) is 11.8 Å². The molecule has 0 aromatic heterocycles. The molecule has 5 nitrogen and oxygen atoms in total. The van der Waals surface area contributed by atoms with Crippen molar-refractivity contribution < 1.29 is 20.1 Å². The van der Waals surface area contributed by atoms with E-state index >= 15 is 0 Å². The molecule has 5 fully saturated rings. The van der Waals surface area contributed by atoms with Gasteiger partial charge in [-0.15, -0.1) is 0 Å². The van der Waals surface area contributed by atoms with Crippen LogP contribution in [0.25, 0.3) is 0 Å². The van der Waals surface area contributed by atoms with Crippen LogP contribution in [0, 0.1) is 28.1 Å². The third-order valence-corrected chi connectivity index (χ3v) is 12.0. The van der Waals surface area contributed by atoms with Gasteiger partial charge in [0.05, 0.1) is 12.2 Å². The number of phenolic OH excluding ortho intramolecular Hbond substituents is 1. The molecule has 1 aromatic carbocycles. The van der Waals surface area contributed by atoms with Gasteiger partial charge in [0.25, 0.3) is 0 Å². The fourth-order valence-electron chi connectivity index (χ4n) is 9.74. The lowest BCUT2D eigenvalue weighted by atomic mass is 9.31. The average molecular weight is 468 g/mol. The van der Waals surface area contributed by atoms with Crippen molar-refractivity contribution in [3.8, 4) is 11.5 Å². The average Bonchev–Trinajstić information content (AvgIpc) is 3.53. The molecule has 2 spiro atoms. The maximum atomic E-state index is 12.2. The van der Waals surface area contributed by atoms with Gasteiger partial charge < -0.3 is 20.1 Å². The van der Waals surface area contributed by atoms with Crippen molar-refractivity contribution in [2.24, 2.45) is 28.1 Å². The van der Waals surface area contributed by atoms with Gasteiger partial charge in [-0.25, -0.2) is 0 Å². The molecule has 34 heavy (non-hydrogen) atoms. The van der Waals surface area contributed by atoms with Gasteiger partial charge in [-0.3, -0.25) is 4.90 Å². The molecule has 1 saturated heterocycles. The number of hydrogen-bond donors (Lipinski definition) is 3. The summed E-state index contributed by atoms with van der Waals surface area (Å²) < 4.78 is 6.86. The van der Waals surface area contributed by atoms with Crippen LogP contribution >= 0.6 is 0 Å². The van der Waals surface area contributed by atoms with Gasteiger partial charge in [0.2, 0.25) is 0 Å². The predicted octanol–water partition coefficient (Wildman–Crippen LogP) is 4.01. The molecular weight excluding hydrogens is 426 g/mol. The minimum absolute atomic E-state index is 0.00762. The van der Waals surface area contributed by atoms with Gasteiger partial charge in [0, 0.05) is 34.4 Å². The molecule has 0 unspecified atom stereocenters. The van der Waals surface area contributed by atoms with Gasteiger partial charge in [-0.2, -0.15) is 0 Å². The van der Waals surface area contributed by atoms with E-state index in [1.807, 2.05) is 13.0 Å². The molecule has 7 atom stereocenters. The lowest BCUT2D eigenvalue weighted by molar-refractivity contribution is -0.289. The molecule has 7 aliphatic rings. The summed E-state index contributed by atoms with van der Waals surface area (Å²) in [5.74, 6) is 1.70. The maximum absolute atomic E-state index is 12.2. The normalized spacial score (nSPS) is 43.9.